The zero-order chi connectivity index (χ0) is 6.97. The van der Waals surface area contributed by atoms with Crippen LogP contribution in [0.4, 0.5) is 0 Å². The summed E-state index contributed by atoms with van der Waals surface area (Å²) in [6, 6.07) is 1.81. The molecule has 0 radical (unpaired) electrons. The number of H-pyrrole nitrogens is 1. The summed E-state index contributed by atoms with van der Waals surface area (Å²) in [5.41, 5.74) is 0.648. The van der Waals surface area contributed by atoms with Gasteiger partial charge in [-0.25, -0.2) is 9.97 Å². The first-order chi connectivity index (χ1) is 4.88. The molecule has 2 rings (SSSR count). The molecule has 2 aromatic rings. The Morgan fingerprint density at radius 1 is 1.67 bits per heavy atom. The van der Waals surface area contributed by atoms with Crippen LogP contribution in [0, 0.1) is 0 Å². The van der Waals surface area contributed by atoms with Crippen LogP contribution in [0.3, 0.4) is 0 Å². The normalized spacial score (nSPS) is 11.8. The van der Waals surface area contributed by atoms with Crippen LogP contribution in [0.5, 0.6) is 0 Å². The molecule has 9 heavy (non-hydrogen) atoms. The van der Waals surface area contributed by atoms with E-state index in [1.165, 1.54) is 11.3 Å². The second-order valence-electron chi connectivity index (χ2n) is 1.75. The summed E-state index contributed by atoms with van der Waals surface area (Å²) in [4.78, 5) is 8.94. The number of aromatic amines is 1. The summed E-state index contributed by atoms with van der Waals surface area (Å²) in [7, 11) is 0. The standard InChI is InChI=1S/C6H5N3/c1-2-8-6-5(1)3-7-4-9-6/h1-4H,(H,7,8,9)/i/hT. The third-order valence-electron chi connectivity index (χ3n) is 1.17. The van der Waals surface area contributed by atoms with Gasteiger partial charge < -0.3 is 4.98 Å². The molecule has 0 bridgehead atoms. The van der Waals surface area contributed by atoms with E-state index in [0.29, 0.717) is 5.65 Å². The highest BCUT2D eigenvalue weighted by atomic mass is 14.9. The summed E-state index contributed by atoms with van der Waals surface area (Å²) in [6.45, 7) is 0. The van der Waals surface area contributed by atoms with Gasteiger partial charge in [0.2, 0.25) is 0 Å². The summed E-state index contributed by atoms with van der Waals surface area (Å²) in [5.74, 6) is 0. The molecule has 2 heterocycles. The largest absolute Gasteiger partial charge is 0.346 e. The van der Waals surface area contributed by atoms with E-state index < -0.39 is 0 Å². The van der Waals surface area contributed by atoms with E-state index in [1.807, 2.05) is 6.07 Å². The molecule has 0 saturated heterocycles. The van der Waals surface area contributed by atoms with Crippen molar-refractivity contribution in [1.82, 2.24) is 14.9 Å². The van der Waals surface area contributed by atoms with Gasteiger partial charge in [-0.15, -0.1) is 0 Å². The van der Waals surface area contributed by atoms with Crippen LogP contribution >= 0.6 is 0 Å². The van der Waals surface area contributed by atoms with E-state index >= 15 is 0 Å². The maximum Gasteiger partial charge on any atom is 0.167 e. The molecule has 3 nitrogen and oxygen atoms in total. The van der Waals surface area contributed by atoms with Gasteiger partial charge in [0, 0.05) is 17.8 Å². The Labute approximate surface area is 53.2 Å². The van der Waals surface area contributed by atoms with Gasteiger partial charge in [-0.1, -0.05) is 0 Å². The lowest BCUT2D eigenvalue weighted by atomic mass is 10.4. The molecule has 0 aromatic carbocycles. The zero-order valence-corrected chi connectivity index (χ0v) is 4.65. The van der Waals surface area contributed by atoms with Crippen LogP contribution in [0.15, 0.2) is 24.8 Å². The van der Waals surface area contributed by atoms with Crippen molar-refractivity contribution in [2.24, 2.45) is 0 Å². The first-order valence-electron chi connectivity index (χ1n) is 3.09. The lowest BCUT2D eigenvalue weighted by Crippen LogP contribution is -1.75. The Bertz CT molecular complexity index is 355. The summed E-state index contributed by atoms with van der Waals surface area (Å²) in [6.07, 6.45) is 4.76. The molecular weight excluding hydrogens is 114 g/mol. The Balaban J connectivity index is 2.93. The van der Waals surface area contributed by atoms with Crippen LogP contribution in [-0.4, -0.2) is 14.9 Å². The fourth-order valence-corrected chi connectivity index (χ4v) is 0.748. The molecule has 1 N–H and O–H groups in total. The Morgan fingerprint density at radius 2 is 2.67 bits per heavy atom. The average molecular weight is 121 g/mol. The van der Waals surface area contributed by atoms with Crippen LogP contribution in [0.1, 0.15) is 0 Å². The molecule has 0 amide bonds. The Morgan fingerprint density at radius 3 is 3.56 bits per heavy atom. The van der Waals surface area contributed by atoms with Crippen LogP contribution in [-0.2, 0) is 0 Å². The number of nitrogens with zero attached hydrogens (tertiary/aromatic N) is 2. The van der Waals surface area contributed by atoms with E-state index in [1.54, 1.807) is 12.4 Å². The van der Waals surface area contributed by atoms with Crippen LogP contribution in [0.25, 0.3) is 11.0 Å². The van der Waals surface area contributed by atoms with Gasteiger partial charge in [0.15, 0.2) is 1.41 Å². The van der Waals surface area contributed by atoms with E-state index in [4.69, 9.17) is 1.41 Å². The minimum Gasteiger partial charge on any atom is -0.346 e. The van der Waals surface area contributed by atoms with Crippen LogP contribution < -0.4 is 0 Å². The third-order valence-corrected chi connectivity index (χ3v) is 1.17. The molecule has 0 aliphatic heterocycles. The Kier molecular flexibility index (Phi) is 0.621. The number of aromatic nitrogens is 3. The second-order valence-corrected chi connectivity index (χ2v) is 1.75. The van der Waals surface area contributed by atoms with Gasteiger partial charge in [0.05, 0.1) is 0 Å². The summed E-state index contributed by atoms with van der Waals surface area (Å²) >= 11 is 0. The molecule has 0 spiro atoms. The van der Waals surface area contributed by atoms with Crippen molar-refractivity contribution in [3.05, 3.63) is 24.8 Å². The predicted octanol–water partition coefficient (Wildman–Crippen LogP) is 0.958. The maximum atomic E-state index is 7.27. The van der Waals surface area contributed by atoms with Crippen molar-refractivity contribution in [2.75, 3.05) is 0 Å². The van der Waals surface area contributed by atoms with Crippen molar-refractivity contribution in [2.45, 2.75) is 0 Å². The SMILES string of the molecule is [3H]n1ccc2cncnc21. The first kappa shape index (κ1) is 3.61. The highest BCUT2D eigenvalue weighted by molar-refractivity contribution is 5.73. The van der Waals surface area contributed by atoms with Crippen LogP contribution in [0.2, 0.25) is 1.41 Å². The molecule has 44 valence electrons. The van der Waals surface area contributed by atoms with Crippen molar-refractivity contribution < 1.29 is 1.41 Å². The van der Waals surface area contributed by atoms with Gasteiger partial charge >= 0.3 is 0 Å². The zero-order valence-electron chi connectivity index (χ0n) is 5.65. The minimum atomic E-state index is 0.648. The van der Waals surface area contributed by atoms with Gasteiger partial charge in [-0.3, -0.25) is 0 Å². The lowest BCUT2D eigenvalue weighted by Gasteiger charge is -1.81. The monoisotopic (exact) mass is 121 g/mol. The number of hydrogen-bond donors (Lipinski definition) is 1. The molecule has 0 fully saturated rings. The molecule has 0 atom stereocenters. The highest BCUT2D eigenvalue weighted by Gasteiger charge is 1.89. The average Bonchev–Trinajstić information content (AvgIpc) is 2.34. The molecule has 3 heteroatoms. The quantitative estimate of drug-likeness (QED) is 0.564. The van der Waals surface area contributed by atoms with E-state index in [0.717, 1.165) is 5.39 Å². The fourth-order valence-electron chi connectivity index (χ4n) is 0.748. The number of fused-ring (bicyclic) bond motifs is 1. The predicted molar refractivity (Wildman–Crippen MR) is 33.9 cm³/mol. The van der Waals surface area contributed by atoms with Gasteiger partial charge in [-0.05, 0) is 6.07 Å². The van der Waals surface area contributed by atoms with Gasteiger partial charge in [0.25, 0.3) is 0 Å². The molecule has 2 aromatic heterocycles. The molecule has 0 aliphatic rings. The fraction of sp³-hybridized carbons (Fsp3) is 0. The van der Waals surface area contributed by atoms with E-state index in [9.17, 15) is 0 Å². The third kappa shape index (κ3) is 0.579. The van der Waals surface area contributed by atoms with E-state index in [2.05, 4.69) is 9.97 Å². The summed E-state index contributed by atoms with van der Waals surface area (Å²) in [5, 5.41) is 0.900. The number of rotatable bonds is 0. The topological polar surface area (TPSA) is 41.6 Å². The first-order valence-corrected chi connectivity index (χ1v) is 2.64. The number of nitrogens with one attached hydrogen (secondary N) is 1. The lowest BCUT2D eigenvalue weighted by molar-refractivity contribution is 1.20. The Hall–Kier alpha value is -1.38. The van der Waals surface area contributed by atoms with Crippen molar-refractivity contribution in [1.29, 1.82) is 0 Å². The van der Waals surface area contributed by atoms with Crippen molar-refractivity contribution >= 4 is 11.0 Å². The number of hydrogen-bond acceptors (Lipinski definition) is 2. The van der Waals surface area contributed by atoms with Gasteiger partial charge in [0.1, 0.15) is 12.0 Å². The van der Waals surface area contributed by atoms with Gasteiger partial charge in [-0.2, -0.15) is 0 Å². The highest BCUT2D eigenvalue weighted by Crippen LogP contribution is 2.03. The molecule has 0 aliphatic carbocycles. The second kappa shape index (κ2) is 1.55. The maximum absolute atomic E-state index is 7.27. The van der Waals surface area contributed by atoms with E-state index in [-0.39, 0.29) is 0 Å². The smallest absolute Gasteiger partial charge is 0.167 e. The van der Waals surface area contributed by atoms with Crippen molar-refractivity contribution in [3.63, 3.8) is 0 Å². The summed E-state index contributed by atoms with van der Waals surface area (Å²) < 4.78 is 7.27. The van der Waals surface area contributed by atoms with Crippen molar-refractivity contribution in [3.8, 4) is 0 Å². The molecule has 0 saturated carbocycles. The molecular formula is C6H5N3. The minimum absolute atomic E-state index is 0.648. The molecule has 0 unspecified atom stereocenters.